The van der Waals surface area contributed by atoms with Crippen molar-refractivity contribution in [2.75, 3.05) is 13.1 Å². The minimum Gasteiger partial charge on any atom is -0.467 e. The molecule has 3 rings (SSSR count). The lowest BCUT2D eigenvalue weighted by Crippen LogP contribution is -2.61. The van der Waals surface area contributed by atoms with Gasteiger partial charge in [-0.05, 0) is 12.1 Å². The van der Waals surface area contributed by atoms with Crippen LogP contribution >= 0.6 is 0 Å². The van der Waals surface area contributed by atoms with Gasteiger partial charge in [-0.3, -0.25) is 9.59 Å². The minimum absolute atomic E-state index is 0.0953. The number of nitrogens with zero attached hydrogens (tertiary/aromatic N) is 1. The summed E-state index contributed by atoms with van der Waals surface area (Å²) in [6.45, 7) is 3.10. The average molecular weight is 274 g/mol. The Morgan fingerprint density at radius 1 is 1.35 bits per heavy atom. The lowest BCUT2D eigenvalue weighted by atomic mass is 9.96. The highest BCUT2D eigenvalue weighted by Gasteiger charge is 2.42. The van der Waals surface area contributed by atoms with Crippen LogP contribution in [0.25, 0.3) is 0 Å². The average Bonchev–Trinajstić information content (AvgIpc) is 2.47. The summed E-state index contributed by atoms with van der Waals surface area (Å²) >= 11 is 0. The third kappa shape index (κ3) is 2.13. The summed E-state index contributed by atoms with van der Waals surface area (Å²) < 4.78 is 6.02. The number of fused-ring (bicyclic) bond motifs is 1. The number of carbonyl (C=O) groups excluding carboxylic acids is 2. The molecule has 2 heterocycles. The lowest BCUT2D eigenvalue weighted by molar-refractivity contribution is -0.135. The second-order valence-corrected chi connectivity index (χ2v) is 5.28. The Balaban J connectivity index is 1.77. The van der Waals surface area contributed by atoms with Gasteiger partial charge in [-0.15, -0.1) is 0 Å². The van der Waals surface area contributed by atoms with Crippen molar-refractivity contribution in [1.82, 2.24) is 10.2 Å². The van der Waals surface area contributed by atoms with Crippen LogP contribution in [-0.2, 0) is 4.79 Å². The highest BCUT2D eigenvalue weighted by molar-refractivity contribution is 5.98. The molecule has 5 nitrogen and oxygen atoms in total. The Morgan fingerprint density at radius 2 is 2.05 bits per heavy atom. The number of carbonyl (C=O) groups is 2. The molecule has 0 radical (unpaired) electrons. The first-order valence-electron chi connectivity index (χ1n) is 7.02. The maximum atomic E-state index is 12.2. The molecule has 1 aromatic rings. The van der Waals surface area contributed by atoms with Gasteiger partial charge in [0.1, 0.15) is 5.75 Å². The van der Waals surface area contributed by atoms with Gasteiger partial charge >= 0.3 is 0 Å². The molecule has 2 amide bonds. The number of rotatable bonds is 1. The van der Waals surface area contributed by atoms with Gasteiger partial charge in [-0.25, -0.2) is 0 Å². The van der Waals surface area contributed by atoms with E-state index in [1.165, 1.54) is 0 Å². The number of ether oxygens (including phenoxy) is 1. The number of para-hydroxylation sites is 1. The van der Waals surface area contributed by atoms with E-state index in [1.807, 2.05) is 30.0 Å². The van der Waals surface area contributed by atoms with Gasteiger partial charge in [0.05, 0.1) is 5.56 Å². The molecule has 0 saturated carbocycles. The van der Waals surface area contributed by atoms with Gasteiger partial charge in [0.25, 0.3) is 5.91 Å². The van der Waals surface area contributed by atoms with E-state index in [-0.39, 0.29) is 11.8 Å². The second kappa shape index (κ2) is 4.81. The zero-order valence-electron chi connectivity index (χ0n) is 11.5. The highest BCUT2D eigenvalue weighted by Crippen LogP contribution is 2.33. The molecule has 0 unspecified atom stereocenters. The van der Waals surface area contributed by atoms with Gasteiger partial charge in [0.2, 0.25) is 5.91 Å². The summed E-state index contributed by atoms with van der Waals surface area (Å²) in [5.74, 6) is 0.691. The van der Waals surface area contributed by atoms with E-state index < -0.39 is 5.72 Å². The predicted molar refractivity (Wildman–Crippen MR) is 73.4 cm³/mol. The van der Waals surface area contributed by atoms with Gasteiger partial charge in [-0.2, -0.15) is 0 Å². The van der Waals surface area contributed by atoms with Crippen molar-refractivity contribution >= 4 is 11.8 Å². The number of nitrogens with one attached hydrogen (secondary N) is 1. The lowest BCUT2D eigenvalue weighted by Gasteiger charge is -2.44. The zero-order valence-corrected chi connectivity index (χ0v) is 11.5. The fourth-order valence-electron chi connectivity index (χ4n) is 2.82. The van der Waals surface area contributed by atoms with Gasteiger partial charge in [-0.1, -0.05) is 19.1 Å². The molecular formula is C15H18N2O3. The van der Waals surface area contributed by atoms with Crippen LogP contribution in [0.3, 0.4) is 0 Å². The topological polar surface area (TPSA) is 58.6 Å². The highest BCUT2D eigenvalue weighted by atomic mass is 16.5. The predicted octanol–water partition coefficient (Wildman–Crippen LogP) is 1.54. The van der Waals surface area contributed by atoms with E-state index in [0.717, 1.165) is 0 Å². The van der Waals surface area contributed by atoms with Crippen molar-refractivity contribution in [3.8, 4) is 5.75 Å². The number of hydrogen-bond acceptors (Lipinski definition) is 3. The first-order valence-corrected chi connectivity index (χ1v) is 7.02. The molecule has 1 spiro atoms. The largest absolute Gasteiger partial charge is 0.467 e. The van der Waals surface area contributed by atoms with Gasteiger partial charge in [0.15, 0.2) is 5.72 Å². The standard InChI is InChI=1S/C15H18N2O3/c1-2-13(18)17-9-7-15(8-10-17)16-14(19)11-5-3-4-6-12(11)20-15/h3-6H,2,7-10H2,1H3,(H,16,19). The first-order chi connectivity index (χ1) is 9.63. The molecule has 1 fully saturated rings. The van der Waals surface area contributed by atoms with Crippen LogP contribution in [0.1, 0.15) is 36.5 Å². The van der Waals surface area contributed by atoms with E-state index in [4.69, 9.17) is 4.74 Å². The van der Waals surface area contributed by atoms with Crippen LogP contribution in [0.5, 0.6) is 5.75 Å². The van der Waals surface area contributed by atoms with Gasteiger partial charge < -0.3 is 15.0 Å². The van der Waals surface area contributed by atoms with Crippen LogP contribution in [-0.4, -0.2) is 35.5 Å². The summed E-state index contributed by atoms with van der Waals surface area (Å²) in [7, 11) is 0. The van der Waals surface area contributed by atoms with E-state index >= 15 is 0 Å². The van der Waals surface area contributed by atoms with Crippen molar-refractivity contribution in [2.24, 2.45) is 0 Å². The zero-order chi connectivity index (χ0) is 14.2. The molecule has 20 heavy (non-hydrogen) atoms. The van der Waals surface area contributed by atoms with Crippen molar-refractivity contribution in [3.63, 3.8) is 0 Å². The number of likely N-dealkylation sites (tertiary alicyclic amines) is 1. The molecule has 0 aromatic heterocycles. The molecule has 1 N–H and O–H groups in total. The smallest absolute Gasteiger partial charge is 0.258 e. The van der Waals surface area contributed by atoms with Crippen LogP contribution in [0.2, 0.25) is 0 Å². The third-order valence-corrected chi connectivity index (χ3v) is 4.00. The number of amides is 2. The van der Waals surface area contributed by atoms with E-state index in [9.17, 15) is 9.59 Å². The van der Waals surface area contributed by atoms with Crippen molar-refractivity contribution < 1.29 is 14.3 Å². The summed E-state index contributed by atoms with van der Waals surface area (Å²) in [5.41, 5.74) is -0.0825. The SMILES string of the molecule is CCC(=O)N1CCC2(CC1)NC(=O)c1ccccc1O2. The summed E-state index contributed by atoms with van der Waals surface area (Å²) in [5, 5.41) is 2.97. The van der Waals surface area contributed by atoms with Crippen molar-refractivity contribution in [1.29, 1.82) is 0 Å². The van der Waals surface area contributed by atoms with E-state index in [0.29, 0.717) is 43.7 Å². The molecule has 1 saturated heterocycles. The van der Waals surface area contributed by atoms with Crippen LogP contribution in [0.4, 0.5) is 0 Å². The summed E-state index contributed by atoms with van der Waals surface area (Å²) in [4.78, 5) is 25.7. The maximum absolute atomic E-state index is 12.2. The fourth-order valence-corrected chi connectivity index (χ4v) is 2.82. The maximum Gasteiger partial charge on any atom is 0.258 e. The van der Waals surface area contributed by atoms with Crippen molar-refractivity contribution in [2.45, 2.75) is 31.9 Å². The third-order valence-electron chi connectivity index (χ3n) is 4.00. The van der Waals surface area contributed by atoms with Crippen LogP contribution in [0.15, 0.2) is 24.3 Å². The Labute approximate surface area is 117 Å². The molecule has 106 valence electrons. The Bertz CT molecular complexity index is 548. The molecule has 1 aromatic carbocycles. The second-order valence-electron chi connectivity index (χ2n) is 5.28. The van der Waals surface area contributed by atoms with Crippen LogP contribution in [0, 0.1) is 0 Å². The monoisotopic (exact) mass is 274 g/mol. The normalized spacial score (nSPS) is 20.1. The molecule has 0 aliphatic carbocycles. The molecule has 5 heteroatoms. The fraction of sp³-hybridized carbons (Fsp3) is 0.467. The number of piperidine rings is 1. The van der Waals surface area contributed by atoms with Crippen LogP contribution < -0.4 is 10.1 Å². The summed E-state index contributed by atoms with van der Waals surface area (Å²) in [6.07, 6.45) is 1.76. The molecule has 0 bridgehead atoms. The number of benzene rings is 1. The quantitative estimate of drug-likeness (QED) is 0.845. The first kappa shape index (κ1) is 13.0. The van der Waals surface area contributed by atoms with E-state index in [2.05, 4.69) is 5.32 Å². The van der Waals surface area contributed by atoms with E-state index in [1.54, 1.807) is 6.07 Å². The Hall–Kier alpha value is -2.04. The molecule has 2 aliphatic heterocycles. The number of hydrogen-bond donors (Lipinski definition) is 1. The Morgan fingerprint density at radius 3 is 2.75 bits per heavy atom. The molecular weight excluding hydrogens is 256 g/mol. The van der Waals surface area contributed by atoms with Crippen molar-refractivity contribution in [3.05, 3.63) is 29.8 Å². The molecule has 2 aliphatic rings. The molecule has 0 atom stereocenters. The minimum atomic E-state index is -0.657. The summed E-state index contributed by atoms with van der Waals surface area (Å²) in [6, 6.07) is 7.26. The Kier molecular flexibility index (Phi) is 3.12. The van der Waals surface area contributed by atoms with Gasteiger partial charge in [0, 0.05) is 32.4 Å².